The lowest BCUT2D eigenvalue weighted by atomic mass is 9.95. The van der Waals surface area contributed by atoms with Crippen LogP contribution in [-0.4, -0.2) is 64.8 Å². The second-order valence-corrected chi connectivity index (χ2v) is 5.95. The third-order valence-electron chi connectivity index (χ3n) is 4.37. The first-order chi connectivity index (χ1) is 12.8. The number of ether oxygens (including phenoxy) is 1. The number of benzene rings is 1. The normalized spacial score (nSPS) is 15.4. The number of aromatic amines is 2. The highest BCUT2D eigenvalue weighted by atomic mass is 16.5. The van der Waals surface area contributed by atoms with Gasteiger partial charge in [-0.3, -0.25) is 19.4 Å². The molecule has 140 valence electrons. The Labute approximate surface area is 152 Å². The number of rotatable bonds is 3. The monoisotopic (exact) mass is 372 g/mol. The molecule has 2 heterocycles. The number of nitrogens with zero attached hydrogens (tertiary/aromatic N) is 2. The van der Waals surface area contributed by atoms with Gasteiger partial charge in [-0.05, 0) is 17.7 Å². The van der Waals surface area contributed by atoms with E-state index in [2.05, 4.69) is 14.7 Å². The summed E-state index contributed by atoms with van der Waals surface area (Å²) in [5.74, 6) is -3.38. The summed E-state index contributed by atoms with van der Waals surface area (Å²) in [5, 5.41) is 0. The zero-order chi connectivity index (χ0) is 19.9. The minimum absolute atomic E-state index is 0.0482. The molecule has 1 fully saturated rings. The molecule has 2 aromatic rings. The van der Waals surface area contributed by atoms with Crippen LogP contribution >= 0.6 is 0 Å². The number of H-pyrrole nitrogens is 2. The van der Waals surface area contributed by atoms with Crippen LogP contribution in [0.15, 0.2) is 29.1 Å². The van der Waals surface area contributed by atoms with Crippen LogP contribution in [0.25, 0.3) is 11.3 Å². The van der Waals surface area contributed by atoms with Gasteiger partial charge >= 0.3 is 17.7 Å². The first-order valence-electron chi connectivity index (χ1n) is 7.86. The van der Waals surface area contributed by atoms with Crippen molar-refractivity contribution in [1.29, 1.82) is 0 Å². The van der Waals surface area contributed by atoms with Crippen LogP contribution in [0.3, 0.4) is 0 Å². The molecule has 4 amide bonds. The Morgan fingerprint density at radius 2 is 1.52 bits per heavy atom. The molecule has 0 atom stereocenters. The SMILES string of the molecule is COC(=O)c1ccc(-c2[nH]c(=O)[nH]c2C2C(=O)N(C)C(=O)N(C)C2=O)cc1. The van der Waals surface area contributed by atoms with Crippen LogP contribution in [0.1, 0.15) is 22.0 Å². The van der Waals surface area contributed by atoms with Crippen LogP contribution in [0.4, 0.5) is 4.79 Å². The van der Waals surface area contributed by atoms with Gasteiger partial charge in [0.1, 0.15) is 0 Å². The molecule has 1 aromatic carbocycles. The first-order valence-corrected chi connectivity index (χ1v) is 7.86. The second kappa shape index (κ2) is 6.56. The van der Waals surface area contributed by atoms with E-state index in [4.69, 9.17) is 0 Å². The number of imidazole rings is 1. The van der Waals surface area contributed by atoms with Gasteiger partial charge in [0.2, 0.25) is 11.8 Å². The number of imide groups is 2. The Morgan fingerprint density at radius 1 is 0.963 bits per heavy atom. The molecule has 0 saturated carbocycles. The van der Waals surface area contributed by atoms with Gasteiger partial charge in [0.25, 0.3) is 0 Å². The zero-order valence-corrected chi connectivity index (χ0v) is 14.7. The molecule has 0 radical (unpaired) electrons. The van der Waals surface area contributed by atoms with Crippen molar-refractivity contribution in [2.75, 3.05) is 21.2 Å². The molecular formula is C17H16N4O6. The lowest BCUT2D eigenvalue weighted by molar-refractivity contribution is -0.143. The van der Waals surface area contributed by atoms with E-state index in [1.54, 1.807) is 12.1 Å². The number of nitrogens with one attached hydrogen (secondary N) is 2. The standard InChI is InChI=1S/C17H16N4O6/c1-20-13(22)10(14(23)21(2)17(20)26)12-11(18-16(25)19-12)8-4-6-9(7-5-8)15(24)27-3/h4-7,10H,1-3H3,(H2,18,19,25). The molecule has 1 aliphatic rings. The molecule has 10 heteroatoms. The third kappa shape index (κ3) is 2.90. The fourth-order valence-electron chi connectivity index (χ4n) is 2.89. The van der Waals surface area contributed by atoms with Gasteiger partial charge < -0.3 is 14.7 Å². The summed E-state index contributed by atoms with van der Waals surface area (Å²) in [4.78, 5) is 67.1. The zero-order valence-electron chi connectivity index (χ0n) is 14.7. The van der Waals surface area contributed by atoms with E-state index in [1.165, 1.54) is 33.3 Å². The van der Waals surface area contributed by atoms with Crippen LogP contribution in [0, 0.1) is 0 Å². The fraction of sp³-hybridized carbons (Fsp3) is 0.235. The Bertz CT molecular complexity index is 979. The number of likely N-dealkylation sites (N-methyl/N-ethyl adjacent to an activating group) is 2. The number of hydrogen-bond donors (Lipinski definition) is 2. The van der Waals surface area contributed by atoms with Gasteiger partial charge in [-0.25, -0.2) is 14.4 Å². The number of amides is 4. The first kappa shape index (κ1) is 18.1. The summed E-state index contributed by atoms with van der Waals surface area (Å²) in [6.07, 6.45) is 0. The summed E-state index contributed by atoms with van der Waals surface area (Å²) < 4.78 is 4.63. The maximum atomic E-state index is 12.5. The predicted molar refractivity (Wildman–Crippen MR) is 91.9 cm³/mol. The quantitative estimate of drug-likeness (QED) is 0.588. The Kier molecular flexibility index (Phi) is 4.40. The molecule has 1 saturated heterocycles. The van der Waals surface area contributed by atoms with Crippen LogP contribution in [0.5, 0.6) is 0 Å². The Hall–Kier alpha value is -3.69. The summed E-state index contributed by atoms with van der Waals surface area (Å²) in [6.45, 7) is 0. The summed E-state index contributed by atoms with van der Waals surface area (Å²) in [6, 6.07) is 5.32. The van der Waals surface area contributed by atoms with Crippen LogP contribution in [0.2, 0.25) is 0 Å². The van der Waals surface area contributed by atoms with Gasteiger partial charge in [-0.1, -0.05) is 12.1 Å². The molecule has 0 aliphatic carbocycles. The summed E-state index contributed by atoms with van der Waals surface area (Å²) >= 11 is 0. The average Bonchev–Trinajstić information content (AvgIpc) is 3.05. The van der Waals surface area contributed by atoms with E-state index in [-0.39, 0.29) is 11.4 Å². The molecular weight excluding hydrogens is 356 g/mol. The van der Waals surface area contributed by atoms with Crippen LogP contribution < -0.4 is 5.69 Å². The number of methoxy groups -OCH3 is 1. The number of esters is 1. The van der Waals surface area contributed by atoms with Gasteiger partial charge in [-0.15, -0.1) is 0 Å². The molecule has 1 aromatic heterocycles. The number of hydrogen-bond acceptors (Lipinski definition) is 6. The van der Waals surface area contributed by atoms with Gasteiger partial charge in [-0.2, -0.15) is 0 Å². The van der Waals surface area contributed by atoms with Crippen molar-refractivity contribution in [3.05, 3.63) is 46.0 Å². The molecule has 0 unspecified atom stereocenters. The number of carbonyl (C=O) groups excluding carboxylic acids is 4. The lowest BCUT2D eigenvalue weighted by Gasteiger charge is -2.32. The van der Waals surface area contributed by atoms with E-state index >= 15 is 0 Å². The maximum Gasteiger partial charge on any atom is 0.337 e. The lowest BCUT2D eigenvalue weighted by Crippen LogP contribution is -2.55. The molecule has 3 rings (SSSR count). The van der Waals surface area contributed by atoms with Crippen molar-refractivity contribution in [2.24, 2.45) is 0 Å². The highest BCUT2D eigenvalue weighted by molar-refractivity contribution is 6.19. The van der Waals surface area contributed by atoms with E-state index in [9.17, 15) is 24.0 Å². The van der Waals surface area contributed by atoms with Crippen molar-refractivity contribution in [3.63, 3.8) is 0 Å². The highest BCUT2D eigenvalue weighted by Crippen LogP contribution is 2.30. The number of urea groups is 1. The number of aromatic nitrogens is 2. The second-order valence-electron chi connectivity index (χ2n) is 5.95. The van der Waals surface area contributed by atoms with Crippen molar-refractivity contribution < 1.29 is 23.9 Å². The minimum atomic E-state index is -1.37. The smallest absolute Gasteiger partial charge is 0.337 e. The highest BCUT2D eigenvalue weighted by Gasteiger charge is 2.45. The number of carbonyl (C=O) groups is 4. The van der Waals surface area contributed by atoms with Crippen molar-refractivity contribution in [3.8, 4) is 11.3 Å². The van der Waals surface area contributed by atoms with E-state index in [1.807, 2.05) is 0 Å². The average molecular weight is 372 g/mol. The molecule has 2 N–H and O–H groups in total. The van der Waals surface area contributed by atoms with Crippen LogP contribution in [-0.2, 0) is 14.3 Å². The molecule has 0 spiro atoms. The van der Waals surface area contributed by atoms with E-state index in [0.717, 1.165) is 9.80 Å². The van der Waals surface area contributed by atoms with Crippen molar-refractivity contribution >= 4 is 23.8 Å². The third-order valence-corrected chi connectivity index (χ3v) is 4.37. The fourth-order valence-corrected chi connectivity index (χ4v) is 2.89. The van der Waals surface area contributed by atoms with E-state index in [0.29, 0.717) is 11.1 Å². The number of barbiturate groups is 1. The Balaban J connectivity index is 2.08. The van der Waals surface area contributed by atoms with Gasteiger partial charge in [0.15, 0.2) is 5.92 Å². The minimum Gasteiger partial charge on any atom is -0.465 e. The molecule has 0 bridgehead atoms. The molecule has 1 aliphatic heterocycles. The van der Waals surface area contributed by atoms with Gasteiger partial charge in [0.05, 0.1) is 24.1 Å². The molecule has 10 nitrogen and oxygen atoms in total. The van der Waals surface area contributed by atoms with E-state index < -0.39 is 35.4 Å². The molecule has 27 heavy (non-hydrogen) atoms. The maximum absolute atomic E-state index is 12.5. The van der Waals surface area contributed by atoms with Crippen molar-refractivity contribution in [1.82, 2.24) is 19.8 Å². The van der Waals surface area contributed by atoms with Crippen molar-refractivity contribution in [2.45, 2.75) is 5.92 Å². The Morgan fingerprint density at radius 3 is 2.04 bits per heavy atom. The largest absolute Gasteiger partial charge is 0.465 e. The predicted octanol–water partition coefficient (Wildman–Crippen LogP) is 0.291. The summed E-state index contributed by atoms with van der Waals surface area (Å²) in [5.41, 5.74) is 0.431. The van der Waals surface area contributed by atoms with Gasteiger partial charge in [0, 0.05) is 14.1 Å². The topological polar surface area (TPSA) is 133 Å². The summed E-state index contributed by atoms with van der Waals surface area (Å²) in [7, 11) is 3.78.